The summed E-state index contributed by atoms with van der Waals surface area (Å²) >= 11 is 0. The molecule has 0 bridgehead atoms. The Morgan fingerprint density at radius 3 is 2.67 bits per heavy atom. The van der Waals surface area contributed by atoms with E-state index in [0.29, 0.717) is 12.2 Å². The van der Waals surface area contributed by atoms with Crippen LogP contribution in [0.3, 0.4) is 0 Å². The van der Waals surface area contributed by atoms with Gasteiger partial charge in [0.25, 0.3) is 0 Å². The lowest BCUT2D eigenvalue weighted by Gasteiger charge is -2.15. The first-order valence-electron chi connectivity index (χ1n) is 9.65. The van der Waals surface area contributed by atoms with Crippen molar-refractivity contribution in [2.45, 2.75) is 90.1 Å². The Balaban J connectivity index is 2.28. The van der Waals surface area contributed by atoms with E-state index in [1.54, 1.807) is 0 Å². The fourth-order valence-electron chi connectivity index (χ4n) is 3.50. The van der Waals surface area contributed by atoms with E-state index in [2.05, 4.69) is 13.0 Å². The maximum atomic E-state index is 12.1. The molecule has 1 saturated carbocycles. The summed E-state index contributed by atoms with van der Waals surface area (Å²) in [5, 5.41) is 18.6. The molecule has 3 atom stereocenters. The Morgan fingerprint density at radius 1 is 1.21 bits per heavy atom. The molecule has 4 heteroatoms. The number of allylic oxidation sites excluding steroid dienone is 1. The molecule has 0 unspecified atom stereocenters. The Morgan fingerprint density at radius 2 is 1.96 bits per heavy atom. The largest absolute Gasteiger partial charge is 0.481 e. The first-order valence-corrected chi connectivity index (χ1v) is 9.65. The Bertz CT molecular complexity index is 402. The lowest BCUT2D eigenvalue weighted by Crippen LogP contribution is -2.14. The molecular weight excluding hydrogens is 304 g/mol. The second kappa shape index (κ2) is 12.2. The predicted octanol–water partition coefficient (Wildman–Crippen LogP) is 4.50. The normalized spacial score (nSPS) is 22.3. The van der Waals surface area contributed by atoms with Gasteiger partial charge in [0.15, 0.2) is 0 Å². The fraction of sp³-hybridized carbons (Fsp3) is 0.800. The number of carbonyl (C=O) groups is 2. The average molecular weight is 338 g/mol. The van der Waals surface area contributed by atoms with Crippen molar-refractivity contribution in [2.75, 3.05) is 0 Å². The number of Topliss-reactive ketones (excluding diaryl/α,β-unsaturated/α-hetero) is 1. The summed E-state index contributed by atoms with van der Waals surface area (Å²) in [7, 11) is 0. The van der Waals surface area contributed by atoms with E-state index >= 15 is 0 Å². The molecule has 0 radical (unpaired) electrons. The van der Waals surface area contributed by atoms with Gasteiger partial charge in [-0.05, 0) is 31.6 Å². The van der Waals surface area contributed by atoms with E-state index in [4.69, 9.17) is 5.11 Å². The van der Waals surface area contributed by atoms with Gasteiger partial charge >= 0.3 is 5.97 Å². The summed E-state index contributed by atoms with van der Waals surface area (Å²) in [6.07, 6.45) is 14.0. The maximum absolute atomic E-state index is 12.1. The molecule has 0 aromatic heterocycles. The summed E-state index contributed by atoms with van der Waals surface area (Å²) in [4.78, 5) is 22.5. The van der Waals surface area contributed by atoms with Crippen LogP contribution in [0.25, 0.3) is 0 Å². The standard InChI is InChI=1S/C20H34O4/c1-2-3-6-9-17(21)14-12-16-13-15-19(22)18(16)10-7-4-5-8-11-20(23)24/h12,14,16-18,21H,2-11,13,15H2,1H3,(H,23,24)/b14-12+/t16-,17-,18-/m0/s1. The molecule has 24 heavy (non-hydrogen) atoms. The third kappa shape index (κ3) is 8.62. The summed E-state index contributed by atoms with van der Waals surface area (Å²) in [6.45, 7) is 2.15. The molecule has 1 rings (SSSR count). The van der Waals surface area contributed by atoms with Crippen LogP contribution in [0.1, 0.15) is 84.0 Å². The molecule has 1 aliphatic rings. The highest BCUT2D eigenvalue weighted by Gasteiger charge is 2.32. The molecule has 1 aliphatic carbocycles. The minimum absolute atomic E-state index is 0.101. The van der Waals surface area contributed by atoms with Crippen LogP contribution >= 0.6 is 0 Å². The SMILES string of the molecule is CCCCC[C@H](O)/C=C/[C@H]1CCC(=O)[C@H]1CCCCCCC(=O)O. The van der Waals surface area contributed by atoms with Gasteiger partial charge in [-0.15, -0.1) is 0 Å². The number of aliphatic hydroxyl groups is 1. The number of carboxylic acids is 1. The predicted molar refractivity (Wildman–Crippen MR) is 95.8 cm³/mol. The minimum atomic E-state index is -0.733. The van der Waals surface area contributed by atoms with Crippen molar-refractivity contribution in [3.8, 4) is 0 Å². The van der Waals surface area contributed by atoms with E-state index in [0.717, 1.165) is 64.2 Å². The van der Waals surface area contributed by atoms with Gasteiger partial charge in [0.1, 0.15) is 5.78 Å². The molecule has 0 aromatic carbocycles. The molecule has 0 aliphatic heterocycles. The summed E-state index contributed by atoms with van der Waals surface area (Å²) < 4.78 is 0. The first-order chi connectivity index (χ1) is 11.5. The maximum Gasteiger partial charge on any atom is 0.303 e. The van der Waals surface area contributed by atoms with E-state index in [1.807, 2.05) is 6.08 Å². The second-order valence-corrected chi connectivity index (χ2v) is 7.07. The van der Waals surface area contributed by atoms with Crippen LogP contribution in [0, 0.1) is 11.8 Å². The summed E-state index contributed by atoms with van der Waals surface area (Å²) in [5.74, 6) is 0.000218. The lowest BCUT2D eigenvalue weighted by atomic mass is 9.89. The number of aliphatic carboxylic acids is 1. The fourth-order valence-corrected chi connectivity index (χ4v) is 3.50. The lowest BCUT2D eigenvalue weighted by molar-refractivity contribution is -0.137. The molecule has 2 N–H and O–H groups in total. The molecule has 0 aromatic rings. The highest BCUT2D eigenvalue weighted by atomic mass is 16.4. The molecule has 0 saturated heterocycles. The molecule has 0 heterocycles. The highest BCUT2D eigenvalue weighted by Crippen LogP contribution is 2.34. The molecule has 0 spiro atoms. The quantitative estimate of drug-likeness (QED) is 0.383. The van der Waals surface area contributed by atoms with Crippen LogP contribution < -0.4 is 0 Å². The number of ketones is 1. The van der Waals surface area contributed by atoms with Crippen molar-refractivity contribution in [3.63, 3.8) is 0 Å². The van der Waals surface area contributed by atoms with Gasteiger partial charge in [0, 0.05) is 18.8 Å². The smallest absolute Gasteiger partial charge is 0.303 e. The van der Waals surface area contributed by atoms with E-state index < -0.39 is 5.97 Å². The van der Waals surface area contributed by atoms with Gasteiger partial charge in [-0.25, -0.2) is 0 Å². The van der Waals surface area contributed by atoms with Gasteiger partial charge in [0.2, 0.25) is 0 Å². The van der Waals surface area contributed by atoms with E-state index in [-0.39, 0.29) is 24.4 Å². The summed E-state index contributed by atoms with van der Waals surface area (Å²) in [6, 6.07) is 0. The Hall–Kier alpha value is -1.16. The number of rotatable bonds is 13. The zero-order chi connectivity index (χ0) is 17.8. The second-order valence-electron chi connectivity index (χ2n) is 7.07. The Labute approximate surface area is 146 Å². The van der Waals surface area contributed by atoms with Gasteiger partial charge < -0.3 is 10.2 Å². The molecule has 1 fully saturated rings. The first kappa shape index (κ1) is 20.9. The van der Waals surface area contributed by atoms with Crippen molar-refractivity contribution < 1.29 is 19.8 Å². The summed E-state index contributed by atoms with van der Waals surface area (Å²) in [5.41, 5.74) is 0. The van der Waals surface area contributed by atoms with Crippen LogP contribution in [-0.4, -0.2) is 28.1 Å². The van der Waals surface area contributed by atoms with Crippen molar-refractivity contribution in [1.82, 2.24) is 0 Å². The van der Waals surface area contributed by atoms with Crippen molar-refractivity contribution in [3.05, 3.63) is 12.2 Å². The number of carboxylic acid groups (broad SMARTS) is 1. The topological polar surface area (TPSA) is 74.6 Å². The van der Waals surface area contributed by atoms with Crippen LogP contribution in [0.5, 0.6) is 0 Å². The molecular formula is C20H34O4. The van der Waals surface area contributed by atoms with Gasteiger partial charge in [0.05, 0.1) is 6.10 Å². The van der Waals surface area contributed by atoms with Crippen LogP contribution in [-0.2, 0) is 9.59 Å². The minimum Gasteiger partial charge on any atom is -0.481 e. The number of aliphatic hydroxyl groups excluding tert-OH is 1. The van der Waals surface area contributed by atoms with E-state index in [9.17, 15) is 14.7 Å². The zero-order valence-corrected chi connectivity index (χ0v) is 15.1. The van der Waals surface area contributed by atoms with Crippen molar-refractivity contribution in [1.29, 1.82) is 0 Å². The highest BCUT2D eigenvalue weighted by molar-refractivity contribution is 5.83. The number of unbranched alkanes of at least 4 members (excludes halogenated alkanes) is 5. The number of hydrogen-bond acceptors (Lipinski definition) is 3. The molecule has 4 nitrogen and oxygen atoms in total. The third-order valence-corrected chi connectivity index (χ3v) is 4.99. The van der Waals surface area contributed by atoms with Gasteiger partial charge in [-0.3, -0.25) is 9.59 Å². The van der Waals surface area contributed by atoms with Crippen molar-refractivity contribution >= 4 is 11.8 Å². The van der Waals surface area contributed by atoms with E-state index in [1.165, 1.54) is 0 Å². The number of carbonyl (C=O) groups excluding carboxylic acids is 1. The zero-order valence-electron chi connectivity index (χ0n) is 15.1. The molecule has 0 amide bonds. The monoisotopic (exact) mass is 338 g/mol. The van der Waals surface area contributed by atoms with Crippen LogP contribution in [0.2, 0.25) is 0 Å². The Kier molecular flexibility index (Phi) is 10.6. The molecule has 138 valence electrons. The third-order valence-electron chi connectivity index (χ3n) is 4.99. The van der Waals surface area contributed by atoms with Gasteiger partial charge in [-0.1, -0.05) is 57.6 Å². The van der Waals surface area contributed by atoms with Gasteiger partial charge in [-0.2, -0.15) is 0 Å². The van der Waals surface area contributed by atoms with Crippen LogP contribution in [0.15, 0.2) is 12.2 Å². The average Bonchev–Trinajstić information content (AvgIpc) is 2.89. The van der Waals surface area contributed by atoms with Crippen LogP contribution in [0.4, 0.5) is 0 Å². The number of hydrogen-bond donors (Lipinski definition) is 2. The van der Waals surface area contributed by atoms with Crippen molar-refractivity contribution in [2.24, 2.45) is 11.8 Å².